The fourth-order valence-corrected chi connectivity index (χ4v) is 2.61. The molecule has 1 amide bonds. The second-order valence-corrected chi connectivity index (χ2v) is 5.83. The van der Waals surface area contributed by atoms with Crippen LogP contribution in [0.5, 0.6) is 0 Å². The molecule has 0 aliphatic heterocycles. The van der Waals surface area contributed by atoms with Gasteiger partial charge in [-0.15, -0.1) is 0 Å². The molecule has 9 nitrogen and oxygen atoms in total. The van der Waals surface area contributed by atoms with Gasteiger partial charge in [0.1, 0.15) is 24.7 Å². The number of nitrogens with one attached hydrogen (secondary N) is 1. The Morgan fingerprint density at radius 2 is 2.00 bits per heavy atom. The summed E-state index contributed by atoms with van der Waals surface area (Å²) in [7, 11) is 1.85. The third-order valence-corrected chi connectivity index (χ3v) is 3.85. The van der Waals surface area contributed by atoms with Crippen LogP contribution < -0.4 is 5.32 Å². The van der Waals surface area contributed by atoms with Gasteiger partial charge in [0.2, 0.25) is 5.91 Å². The maximum absolute atomic E-state index is 12.3. The highest BCUT2D eigenvalue weighted by Crippen LogP contribution is 2.17. The summed E-state index contributed by atoms with van der Waals surface area (Å²) in [6, 6.07) is 5.41. The zero-order valence-corrected chi connectivity index (χ0v) is 14.1. The number of nitrogens with zero attached hydrogens (tertiary/aromatic N) is 6. The van der Waals surface area contributed by atoms with Crippen molar-refractivity contribution in [2.45, 2.75) is 13.1 Å². The zero-order chi connectivity index (χ0) is 17.9. The number of aryl methyl sites for hydroxylation is 1. The molecule has 132 valence electrons. The second kappa shape index (κ2) is 6.71. The first-order valence-electron chi connectivity index (χ1n) is 8.03. The van der Waals surface area contributed by atoms with E-state index in [4.69, 9.17) is 4.42 Å². The summed E-state index contributed by atoms with van der Waals surface area (Å²) < 4.78 is 10.3. The summed E-state index contributed by atoms with van der Waals surface area (Å²) in [5, 5.41) is 15.4. The molecule has 9 heteroatoms. The van der Waals surface area contributed by atoms with Crippen LogP contribution in [0.2, 0.25) is 0 Å². The zero-order valence-electron chi connectivity index (χ0n) is 14.1. The van der Waals surface area contributed by atoms with Gasteiger partial charge in [0.05, 0.1) is 24.9 Å². The van der Waals surface area contributed by atoms with Crippen molar-refractivity contribution in [1.82, 2.24) is 29.3 Å². The highest BCUT2D eigenvalue weighted by atomic mass is 16.3. The average molecular weight is 351 g/mol. The van der Waals surface area contributed by atoms with E-state index in [1.54, 1.807) is 45.0 Å². The van der Waals surface area contributed by atoms with E-state index in [1.165, 1.54) is 0 Å². The Morgan fingerprint density at radius 3 is 2.77 bits per heavy atom. The van der Waals surface area contributed by atoms with Crippen LogP contribution in [0.1, 0.15) is 5.76 Å². The monoisotopic (exact) mass is 351 g/mol. The van der Waals surface area contributed by atoms with Gasteiger partial charge in [-0.1, -0.05) is 0 Å². The fraction of sp³-hybridized carbons (Fsp3) is 0.176. The number of anilines is 1. The predicted molar refractivity (Wildman–Crippen MR) is 93.1 cm³/mol. The quantitative estimate of drug-likeness (QED) is 0.571. The van der Waals surface area contributed by atoms with Gasteiger partial charge in [0.15, 0.2) is 0 Å². The number of hydrogen-bond acceptors (Lipinski definition) is 5. The molecule has 4 aromatic heterocycles. The molecule has 0 aromatic carbocycles. The Morgan fingerprint density at radius 1 is 1.15 bits per heavy atom. The molecular weight excluding hydrogens is 334 g/mol. The molecule has 0 atom stereocenters. The lowest BCUT2D eigenvalue weighted by atomic mass is 10.2. The van der Waals surface area contributed by atoms with Crippen molar-refractivity contribution in [3.8, 4) is 11.1 Å². The number of amides is 1. The van der Waals surface area contributed by atoms with Gasteiger partial charge in [0.25, 0.3) is 0 Å². The van der Waals surface area contributed by atoms with E-state index in [2.05, 4.69) is 20.6 Å². The smallest absolute Gasteiger partial charge is 0.247 e. The van der Waals surface area contributed by atoms with E-state index in [0.717, 1.165) is 16.9 Å². The first-order chi connectivity index (χ1) is 12.7. The summed E-state index contributed by atoms with van der Waals surface area (Å²) in [5.41, 5.74) is 1.87. The van der Waals surface area contributed by atoms with Gasteiger partial charge < -0.3 is 9.73 Å². The Bertz CT molecular complexity index is 1010. The van der Waals surface area contributed by atoms with Gasteiger partial charge in [-0.25, -0.2) is 4.68 Å². The number of carbonyl (C=O) groups is 1. The third kappa shape index (κ3) is 3.41. The highest BCUT2D eigenvalue weighted by Gasteiger charge is 2.11. The first kappa shape index (κ1) is 15.9. The molecular formula is C17H17N7O2. The standard InChI is InChI=1S/C17H17N7O2/c1-22-9-13(7-19-22)14-8-20-23(10-14)12-17(25)21-16-4-5-18-24(16)11-15-3-2-6-26-15/h2-10H,11-12H2,1H3,(H,21,25). The van der Waals surface area contributed by atoms with Crippen molar-refractivity contribution in [3.05, 3.63) is 61.2 Å². The molecule has 0 bridgehead atoms. The topological polar surface area (TPSA) is 95.7 Å². The summed E-state index contributed by atoms with van der Waals surface area (Å²) in [5.74, 6) is 1.18. The summed E-state index contributed by atoms with van der Waals surface area (Å²) >= 11 is 0. The van der Waals surface area contributed by atoms with Crippen molar-refractivity contribution in [1.29, 1.82) is 0 Å². The van der Waals surface area contributed by atoms with Gasteiger partial charge in [-0.2, -0.15) is 15.3 Å². The normalized spacial score (nSPS) is 11.0. The molecule has 0 aliphatic rings. The van der Waals surface area contributed by atoms with Crippen LogP contribution >= 0.6 is 0 Å². The second-order valence-electron chi connectivity index (χ2n) is 5.83. The molecule has 0 spiro atoms. The van der Waals surface area contributed by atoms with Crippen LogP contribution in [0, 0.1) is 0 Å². The minimum Gasteiger partial charge on any atom is -0.467 e. The SMILES string of the molecule is Cn1cc(-c2cnn(CC(=O)Nc3ccnn3Cc3ccco3)c2)cn1. The van der Waals surface area contributed by atoms with Crippen molar-refractivity contribution in [2.24, 2.45) is 7.05 Å². The Labute approximate surface area is 148 Å². The molecule has 4 heterocycles. The molecule has 0 saturated carbocycles. The molecule has 0 aliphatic carbocycles. The minimum absolute atomic E-state index is 0.103. The van der Waals surface area contributed by atoms with Crippen molar-refractivity contribution >= 4 is 11.7 Å². The van der Waals surface area contributed by atoms with E-state index in [0.29, 0.717) is 12.4 Å². The highest BCUT2D eigenvalue weighted by molar-refractivity contribution is 5.89. The average Bonchev–Trinajstić information content (AvgIpc) is 3.37. The van der Waals surface area contributed by atoms with Gasteiger partial charge in [0, 0.05) is 36.6 Å². The number of aromatic nitrogens is 6. The van der Waals surface area contributed by atoms with Gasteiger partial charge in [-0.3, -0.25) is 14.2 Å². The lowest BCUT2D eigenvalue weighted by Gasteiger charge is -2.08. The lowest BCUT2D eigenvalue weighted by molar-refractivity contribution is -0.116. The van der Waals surface area contributed by atoms with Gasteiger partial charge in [-0.05, 0) is 12.1 Å². The van der Waals surface area contributed by atoms with E-state index >= 15 is 0 Å². The molecule has 0 radical (unpaired) electrons. The Kier molecular flexibility index (Phi) is 4.10. The Hall–Kier alpha value is -3.62. The van der Waals surface area contributed by atoms with Crippen LogP contribution in [-0.2, 0) is 24.9 Å². The molecule has 26 heavy (non-hydrogen) atoms. The minimum atomic E-state index is -0.188. The van der Waals surface area contributed by atoms with Crippen molar-refractivity contribution in [3.63, 3.8) is 0 Å². The maximum Gasteiger partial charge on any atom is 0.247 e. The van der Waals surface area contributed by atoms with E-state index in [-0.39, 0.29) is 12.5 Å². The van der Waals surface area contributed by atoms with Gasteiger partial charge >= 0.3 is 0 Å². The molecule has 0 fully saturated rings. The lowest BCUT2D eigenvalue weighted by Crippen LogP contribution is -2.21. The van der Waals surface area contributed by atoms with Crippen LogP contribution in [0.15, 0.2) is 59.9 Å². The van der Waals surface area contributed by atoms with Crippen molar-refractivity contribution in [2.75, 3.05) is 5.32 Å². The summed E-state index contributed by atoms with van der Waals surface area (Å²) in [4.78, 5) is 12.3. The number of rotatable bonds is 6. The fourth-order valence-electron chi connectivity index (χ4n) is 2.61. The van der Waals surface area contributed by atoms with Crippen LogP contribution in [-0.4, -0.2) is 35.2 Å². The molecule has 0 unspecified atom stereocenters. The summed E-state index contributed by atoms with van der Waals surface area (Å²) in [6.07, 6.45) is 10.4. The third-order valence-electron chi connectivity index (χ3n) is 3.85. The van der Waals surface area contributed by atoms with Crippen LogP contribution in [0.3, 0.4) is 0 Å². The molecule has 0 saturated heterocycles. The van der Waals surface area contributed by atoms with Crippen LogP contribution in [0.25, 0.3) is 11.1 Å². The number of furan rings is 1. The molecule has 4 aromatic rings. The van der Waals surface area contributed by atoms with E-state index in [1.807, 2.05) is 31.6 Å². The van der Waals surface area contributed by atoms with E-state index < -0.39 is 0 Å². The molecule has 1 N–H and O–H groups in total. The number of hydrogen-bond donors (Lipinski definition) is 1. The number of carbonyl (C=O) groups excluding carboxylic acids is 1. The maximum atomic E-state index is 12.3. The predicted octanol–water partition coefficient (Wildman–Crippen LogP) is 1.76. The van der Waals surface area contributed by atoms with Crippen LogP contribution in [0.4, 0.5) is 5.82 Å². The summed E-state index contributed by atoms with van der Waals surface area (Å²) in [6.45, 7) is 0.550. The Balaban J connectivity index is 1.40. The molecule has 4 rings (SSSR count). The van der Waals surface area contributed by atoms with Crippen molar-refractivity contribution < 1.29 is 9.21 Å². The largest absolute Gasteiger partial charge is 0.467 e. The van der Waals surface area contributed by atoms with E-state index in [9.17, 15) is 4.79 Å². The first-order valence-corrected chi connectivity index (χ1v) is 8.03.